The number of hydrogen-bond acceptors (Lipinski definition) is 4. The molecule has 1 N–H and O–H groups in total. The molecule has 0 radical (unpaired) electrons. The Bertz CT molecular complexity index is 661. The number of methoxy groups -OCH3 is 2. The molecule has 0 fully saturated rings. The lowest BCUT2D eigenvalue weighted by Gasteiger charge is -2.16. The summed E-state index contributed by atoms with van der Waals surface area (Å²) in [5.41, 5.74) is 2.26. The molecule has 0 saturated carbocycles. The summed E-state index contributed by atoms with van der Waals surface area (Å²) in [6.07, 6.45) is 0.898. The molecule has 0 saturated heterocycles. The molecule has 0 aliphatic rings. The predicted molar refractivity (Wildman–Crippen MR) is 100 cm³/mol. The van der Waals surface area contributed by atoms with Gasteiger partial charge in [0.1, 0.15) is 5.75 Å². The van der Waals surface area contributed by atoms with Gasteiger partial charge in [0.15, 0.2) is 11.5 Å². The smallest absolute Gasteiger partial charge is 0.166 e. The van der Waals surface area contributed by atoms with Crippen molar-refractivity contribution in [1.29, 1.82) is 0 Å². The summed E-state index contributed by atoms with van der Waals surface area (Å²) < 4.78 is 17.6. The fraction of sp³-hybridized carbons (Fsp3) is 0.368. The predicted octanol–water partition coefficient (Wildman–Crippen LogP) is 4.20. The SMILES string of the molecule is CCOc1c(OC)ccc(Br)c1CNCCc1ccccc1OC. The van der Waals surface area contributed by atoms with E-state index in [-0.39, 0.29) is 0 Å². The van der Waals surface area contributed by atoms with Crippen molar-refractivity contribution in [3.8, 4) is 17.2 Å². The van der Waals surface area contributed by atoms with Crippen molar-refractivity contribution in [3.05, 3.63) is 52.0 Å². The molecule has 0 unspecified atom stereocenters. The Morgan fingerprint density at radius 3 is 2.46 bits per heavy atom. The minimum absolute atomic E-state index is 0.598. The second-order valence-corrected chi connectivity index (χ2v) is 6.08. The highest BCUT2D eigenvalue weighted by atomic mass is 79.9. The van der Waals surface area contributed by atoms with E-state index >= 15 is 0 Å². The van der Waals surface area contributed by atoms with E-state index in [1.54, 1.807) is 14.2 Å². The molecule has 0 aliphatic heterocycles. The van der Waals surface area contributed by atoms with Gasteiger partial charge in [0.05, 0.1) is 20.8 Å². The lowest BCUT2D eigenvalue weighted by Crippen LogP contribution is -2.18. The molecule has 0 amide bonds. The number of rotatable bonds is 9. The molecule has 0 bridgehead atoms. The first-order chi connectivity index (χ1) is 11.7. The van der Waals surface area contributed by atoms with E-state index in [2.05, 4.69) is 27.3 Å². The third-order valence-electron chi connectivity index (χ3n) is 3.74. The number of hydrogen-bond donors (Lipinski definition) is 1. The molecular weight excluding hydrogens is 370 g/mol. The molecule has 0 heterocycles. The molecule has 2 aromatic rings. The Hall–Kier alpha value is -1.72. The van der Waals surface area contributed by atoms with E-state index in [0.717, 1.165) is 40.3 Å². The van der Waals surface area contributed by atoms with Crippen LogP contribution in [0.3, 0.4) is 0 Å². The Morgan fingerprint density at radius 1 is 1.00 bits per heavy atom. The summed E-state index contributed by atoms with van der Waals surface area (Å²) in [5.74, 6) is 2.47. The molecule has 5 heteroatoms. The van der Waals surface area contributed by atoms with Gasteiger partial charge in [0, 0.05) is 16.6 Å². The van der Waals surface area contributed by atoms with E-state index in [0.29, 0.717) is 13.2 Å². The number of benzene rings is 2. The quantitative estimate of drug-likeness (QED) is 0.648. The van der Waals surface area contributed by atoms with Crippen molar-refractivity contribution in [3.63, 3.8) is 0 Å². The van der Waals surface area contributed by atoms with Crippen molar-refractivity contribution >= 4 is 15.9 Å². The standard InChI is InChI=1S/C19H24BrNO3/c1-4-24-19-15(16(20)9-10-18(19)23-3)13-21-12-11-14-7-5-6-8-17(14)22-2/h5-10,21H,4,11-13H2,1-3H3. The summed E-state index contributed by atoms with van der Waals surface area (Å²) >= 11 is 3.60. The Balaban J connectivity index is 2.01. The molecular formula is C19H24BrNO3. The Labute approximate surface area is 152 Å². The topological polar surface area (TPSA) is 39.7 Å². The highest BCUT2D eigenvalue weighted by Crippen LogP contribution is 2.36. The summed E-state index contributed by atoms with van der Waals surface area (Å²) in [6, 6.07) is 12.0. The first kappa shape index (κ1) is 18.6. The van der Waals surface area contributed by atoms with Gasteiger partial charge in [-0.25, -0.2) is 0 Å². The summed E-state index contributed by atoms with van der Waals surface area (Å²) in [6.45, 7) is 4.11. The van der Waals surface area contributed by atoms with Crippen LogP contribution in [-0.4, -0.2) is 27.4 Å². The van der Waals surface area contributed by atoms with Crippen LogP contribution < -0.4 is 19.5 Å². The Kier molecular flexibility index (Phi) is 7.40. The highest BCUT2D eigenvalue weighted by molar-refractivity contribution is 9.10. The van der Waals surface area contributed by atoms with Crippen LogP contribution >= 0.6 is 15.9 Å². The van der Waals surface area contributed by atoms with E-state index in [4.69, 9.17) is 14.2 Å². The van der Waals surface area contributed by atoms with Crippen LogP contribution in [0.1, 0.15) is 18.1 Å². The third-order valence-corrected chi connectivity index (χ3v) is 4.48. The summed E-state index contributed by atoms with van der Waals surface area (Å²) in [4.78, 5) is 0. The number of nitrogens with one attached hydrogen (secondary N) is 1. The molecule has 2 aromatic carbocycles. The van der Waals surface area contributed by atoms with E-state index in [1.165, 1.54) is 5.56 Å². The molecule has 2 rings (SSSR count). The maximum atomic E-state index is 5.78. The zero-order chi connectivity index (χ0) is 17.4. The fourth-order valence-electron chi connectivity index (χ4n) is 2.56. The first-order valence-electron chi connectivity index (χ1n) is 8.02. The number of halogens is 1. The van der Waals surface area contributed by atoms with Gasteiger partial charge in [-0.3, -0.25) is 0 Å². The lowest BCUT2D eigenvalue weighted by molar-refractivity contribution is 0.306. The zero-order valence-electron chi connectivity index (χ0n) is 14.4. The maximum Gasteiger partial charge on any atom is 0.166 e. The van der Waals surface area contributed by atoms with Gasteiger partial charge in [-0.15, -0.1) is 0 Å². The van der Waals surface area contributed by atoms with Gasteiger partial charge < -0.3 is 19.5 Å². The second-order valence-electron chi connectivity index (χ2n) is 5.23. The zero-order valence-corrected chi connectivity index (χ0v) is 16.0. The number of ether oxygens (including phenoxy) is 3. The summed E-state index contributed by atoms with van der Waals surface area (Å²) in [5, 5.41) is 3.47. The lowest BCUT2D eigenvalue weighted by atomic mass is 10.1. The van der Waals surface area contributed by atoms with E-state index in [1.807, 2.05) is 37.3 Å². The van der Waals surface area contributed by atoms with Gasteiger partial charge in [0.2, 0.25) is 0 Å². The average Bonchev–Trinajstić information content (AvgIpc) is 2.61. The second kappa shape index (κ2) is 9.55. The Morgan fingerprint density at radius 2 is 1.75 bits per heavy atom. The van der Waals surface area contributed by atoms with Crippen molar-refractivity contribution in [2.45, 2.75) is 19.9 Å². The van der Waals surface area contributed by atoms with E-state index in [9.17, 15) is 0 Å². The van der Waals surface area contributed by atoms with Crippen LogP contribution in [0.25, 0.3) is 0 Å². The van der Waals surface area contributed by atoms with Crippen LogP contribution in [0.4, 0.5) is 0 Å². The third kappa shape index (κ3) is 4.65. The van der Waals surface area contributed by atoms with Gasteiger partial charge in [-0.05, 0) is 43.7 Å². The largest absolute Gasteiger partial charge is 0.496 e. The average molecular weight is 394 g/mol. The highest BCUT2D eigenvalue weighted by Gasteiger charge is 2.14. The van der Waals surface area contributed by atoms with E-state index < -0.39 is 0 Å². The monoisotopic (exact) mass is 393 g/mol. The molecule has 4 nitrogen and oxygen atoms in total. The van der Waals surface area contributed by atoms with Gasteiger partial charge >= 0.3 is 0 Å². The van der Waals surface area contributed by atoms with Crippen molar-refractivity contribution in [1.82, 2.24) is 5.32 Å². The van der Waals surface area contributed by atoms with Crippen molar-refractivity contribution < 1.29 is 14.2 Å². The minimum atomic E-state index is 0.598. The molecule has 0 aromatic heterocycles. The molecule has 130 valence electrons. The first-order valence-corrected chi connectivity index (χ1v) is 8.81. The maximum absolute atomic E-state index is 5.78. The fourth-order valence-corrected chi connectivity index (χ4v) is 3.01. The van der Waals surface area contributed by atoms with Gasteiger partial charge in [0.25, 0.3) is 0 Å². The van der Waals surface area contributed by atoms with Crippen molar-refractivity contribution in [2.75, 3.05) is 27.4 Å². The molecule has 24 heavy (non-hydrogen) atoms. The normalized spacial score (nSPS) is 10.5. The molecule has 0 spiro atoms. The van der Waals surface area contributed by atoms with Crippen LogP contribution in [0.5, 0.6) is 17.2 Å². The molecule has 0 atom stereocenters. The van der Waals surface area contributed by atoms with Crippen LogP contribution in [0, 0.1) is 0 Å². The molecule has 0 aliphatic carbocycles. The number of para-hydroxylation sites is 1. The van der Waals surface area contributed by atoms with Gasteiger partial charge in [-0.1, -0.05) is 34.1 Å². The van der Waals surface area contributed by atoms with Crippen molar-refractivity contribution in [2.24, 2.45) is 0 Å². The van der Waals surface area contributed by atoms with Crippen LogP contribution in [0.15, 0.2) is 40.9 Å². The van der Waals surface area contributed by atoms with Crippen LogP contribution in [-0.2, 0) is 13.0 Å². The van der Waals surface area contributed by atoms with Gasteiger partial charge in [-0.2, -0.15) is 0 Å². The minimum Gasteiger partial charge on any atom is -0.496 e. The summed E-state index contributed by atoms with van der Waals surface area (Å²) in [7, 11) is 3.36. The van der Waals surface area contributed by atoms with Crippen LogP contribution in [0.2, 0.25) is 0 Å².